The summed E-state index contributed by atoms with van der Waals surface area (Å²) in [6, 6.07) is -0.517. The zero-order valence-electron chi connectivity index (χ0n) is 14.3. The van der Waals surface area contributed by atoms with Crippen molar-refractivity contribution in [3.05, 3.63) is 0 Å². The summed E-state index contributed by atoms with van der Waals surface area (Å²) in [4.78, 5) is 53.3. The van der Waals surface area contributed by atoms with Gasteiger partial charge in [0, 0.05) is 26.2 Å². The summed E-state index contributed by atoms with van der Waals surface area (Å²) in [5.41, 5.74) is -0.439. The highest BCUT2D eigenvalue weighted by atomic mass is 16.2. The highest BCUT2D eigenvalue weighted by Gasteiger charge is 2.50. The molecule has 0 aromatic rings. The number of rotatable bonds is 4. The van der Waals surface area contributed by atoms with Gasteiger partial charge in [0.2, 0.25) is 17.7 Å². The van der Waals surface area contributed by atoms with Crippen LogP contribution in [0, 0.1) is 11.3 Å². The van der Waals surface area contributed by atoms with Crippen molar-refractivity contribution >= 4 is 23.8 Å². The monoisotopic (exact) mass is 348 g/mol. The predicted octanol–water partition coefficient (Wildman–Crippen LogP) is -0.211. The Labute approximate surface area is 146 Å². The fourth-order valence-electron chi connectivity index (χ4n) is 4.28. The van der Waals surface area contributed by atoms with Gasteiger partial charge in [0.1, 0.15) is 13.1 Å². The Kier molecular flexibility index (Phi) is 3.92. The normalized spacial score (nSPS) is 29.8. The van der Waals surface area contributed by atoms with E-state index < -0.39 is 11.4 Å². The number of nitrogens with zero attached hydrogens (tertiary/aromatic N) is 3. The van der Waals surface area contributed by atoms with Crippen LogP contribution in [-0.4, -0.2) is 77.7 Å². The minimum absolute atomic E-state index is 0.0718. The van der Waals surface area contributed by atoms with E-state index in [1.54, 1.807) is 4.90 Å². The lowest BCUT2D eigenvalue weighted by Crippen LogP contribution is -2.51. The molecule has 4 aliphatic rings. The third-order valence-corrected chi connectivity index (χ3v) is 5.90. The number of urea groups is 1. The second kappa shape index (κ2) is 6.00. The van der Waals surface area contributed by atoms with Crippen molar-refractivity contribution in [1.29, 1.82) is 0 Å². The Balaban J connectivity index is 1.38. The van der Waals surface area contributed by atoms with E-state index in [-0.39, 0.29) is 30.8 Å². The molecule has 3 heterocycles. The largest absolute Gasteiger partial charge is 0.342 e. The average molecular weight is 348 g/mol. The molecule has 4 rings (SSSR count). The smallest absolute Gasteiger partial charge is 0.325 e. The highest BCUT2D eigenvalue weighted by molar-refractivity contribution is 6.03. The Hall–Kier alpha value is -2.12. The van der Waals surface area contributed by atoms with Crippen molar-refractivity contribution in [3.8, 4) is 0 Å². The predicted molar refractivity (Wildman–Crippen MR) is 87.3 cm³/mol. The van der Waals surface area contributed by atoms with E-state index in [0.717, 1.165) is 25.9 Å². The Morgan fingerprint density at radius 3 is 2.60 bits per heavy atom. The van der Waals surface area contributed by atoms with Gasteiger partial charge in [0.05, 0.1) is 5.41 Å². The standard InChI is InChI=1S/C17H24N4O4/c22-13-9-21(16(25)18-13)10-14(23)20-7-5-17(11-20)4-1-6-19(15(17)24)8-12-2-3-12/h12H,1-11H2,(H,18,22,25). The van der Waals surface area contributed by atoms with Crippen LogP contribution in [0.5, 0.6) is 0 Å². The van der Waals surface area contributed by atoms with E-state index in [2.05, 4.69) is 5.32 Å². The van der Waals surface area contributed by atoms with Crippen molar-refractivity contribution in [2.75, 3.05) is 39.3 Å². The number of carbonyl (C=O) groups excluding carboxylic acids is 4. The average Bonchev–Trinajstić information content (AvgIpc) is 3.19. The summed E-state index contributed by atoms with van der Waals surface area (Å²) in [5.74, 6) is 0.308. The van der Waals surface area contributed by atoms with Gasteiger partial charge in [-0.05, 0) is 38.0 Å². The summed E-state index contributed by atoms with van der Waals surface area (Å²) in [5, 5.41) is 2.17. The molecule has 4 fully saturated rings. The summed E-state index contributed by atoms with van der Waals surface area (Å²) >= 11 is 0. The van der Waals surface area contributed by atoms with Crippen LogP contribution in [0.3, 0.4) is 0 Å². The van der Waals surface area contributed by atoms with E-state index in [1.165, 1.54) is 17.7 Å². The van der Waals surface area contributed by atoms with Gasteiger partial charge in [-0.25, -0.2) is 4.79 Å². The van der Waals surface area contributed by atoms with Gasteiger partial charge in [-0.15, -0.1) is 0 Å². The zero-order chi connectivity index (χ0) is 17.6. The molecule has 25 heavy (non-hydrogen) atoms. The Morgan fingerprint density at radius 2 is 1.92 bits per heavy atom. The topological polar surface area (TPSA) is 90.0 Å². The molecule has 1 N–H and O–H groups in total. The van der Waals surface area contributed by atoms with Crippen LogP contribution in [0.25, 0.3) is 0 Å². The molecule has 8 nitrogen and oxygen atoms in total. The fraction of sp³-hybridized carbons (Fsp3) is 0.765. The summed E-state index contributed by atoms with van der Waals surface area (Å²) < 4.78 is 0. The van der Waals surface area contributed by atoms with Crippen LogP contribution < -0.4 is 5.32 Å². The molecule has 0 radical (unpaired) electrons. The number of piperidine rings is 1. The molecular formula is C17H24N4O4. The minimum atomic E-state index is -0.517. The molecule has 3 aliphatic heterocycles. The maximum Gasteiger partial charge on any atom is 0.325 e. The number of carbonyl (C=O) groups is 4. The zero-order valence-corrected chi connectivity index (χ0v) is 14.3. The lowest BCUT2D eigenvalue weighted by atomic mass is 9.78. The van der Waals surface area contributed by atoms with Gasteiger partial charge in [-0.3, -0.25) is 19.7 Å². The lowest BCUT2D eigenvalue weighted by molar-refractivity contribution is -0.146. The van der Waals surface area contributed by atoms with E-state index in [4.69, 9.17) is 0 Å². The van der Waals surface area contributed by atoms with E-state index >= 15 is 0 Å². The van der Waals surface area contributed by atoms with Crippen LogP contribution >= 0.6 is 0 Å². The van der Waals surface area contributed by atoms with Crippen molar-refractivity contribution in [2.24, 2.45) is 11.3 Å². The van der Waals surface area contributed by atoms with Crippen molar-refractivity contribution in [2.45, 2.75) is 32.1 Å². The second-order valence-corrected chi connectivity index (χ2v) is 7.85. The second-order valence-electron chi connectivity index (χ2n) is 7.85. The molecule has 0 aromatic carbocycles. The Morgan fingerprint density at radius 1 is 1.12 bits per heavy atom. The minimum Gasteiger partial charge on any atom is -0.342 e. The molecule has 1 saturated carbocycles. The van der Waals surface area contributed by atoms with E-state index in [0.29, 0.717) is 25.4 Å². The highest BCUT2D eigenvalue weighted by Crippen LogP contribution is 2.41. The first kappa shape index (κ1) is 16.4. The van der Waals surface area contributed by atoms with Gasteiger partial charge in [-0.1, -0.05) is 0 Å². The number of likely N-dealkylation sites (tertiary alicyclic amines) is 2. The van der Waals surface area contributed by atoms with Gasteiger partial charge in [0.25, 0.3) is 0 Å². The number of amides is 5. The van der Waals surface area contributed by atoms with Gasteiger partial charge in [-0.2, -0.15) is 0 Å². The quantitative estimate of drug-likeness (QED) is 0.712. The molecule has 5 amide bonds. The first-order valence-corrected chi connectivity index (χ1v) is 9.13. The molecular weight excluding hydrogens is 324 g/mol. The lowest BCUT2D eigenvalue weighted by Gasteiger charge is -2.39. The summed E-state index contributed by atoms with van der Waals surface area (Å²) in [7, 11) is 0. The van der Waals surface area contributed by atoms with E-state index in [9.17, 15) is 19.2 Å². The van der Waals surface area contributed by atoms with Gasteiger partial charge in [0.15, 0.2) is 0 Å². The first-order valence-electron chi connectivity index (χ1n) is 9.13. The molecule has 8 heteroatoms. The van der Waals surface area contributed by atoms with Crippen molar-refractivity contribution < 1.29 is 19.2 Å². The molecule has 0 bridgehead atoms. The fourth-order valence-corrected chi connectivity index (χ4v) is 4.28. The molecule has 1 aliphatic carbocycles. The molecule has 1 spiro atoms. The first-order chi connectivity index (χ1) is 12.0. The maximum absolute atomic E-state index is 13.0. The van der Waals surface area contributed by atoms with Crippen LogP contribution in [-0.2, 0) is 14.4 Å². The van der Waals surface area contributed by atoms with E-state index in [1.807, 2.05) is 4.90 Å². The van der Waals surface area contributed by atoms with Crippen LogP contribution in [0.15, 0.2) is 0 Å². The van der Waals surface area contributed by atoms with Crippen LogP contribution in [0.1, 0.15) is 32.1 Å². The number of hydrogen-bond acceptors (Lipinski definition) is 4. The maximum atomic E-state index is 13.0. The van der Waals surface area contributed by atoms with Crippen molar-refractivity contribution in [1.82, 2.24) is 20.0 Å². The van der Waals surface area contributed by atoms with Crippen LogP contribution in [0.2, 0.25) is 0 Å². The molecule has 1 atom stereocenters. The van der Waals surface area contributed by atoms with Crippen LogP contribution in [0.4, 0.5) is 4.79 Å². The third-order valence-electron chi connectivity index (χ3n) is 5.90. The molecule has 0 aromatic heterocycles. The van der Waals surface area contributed by atoms with Gasteiger partial charge >= 0.3 is 6.03 Å². The van der Waals surface area contributed by atoms with Crippen molar-refractivity contribution in [3.63, 3.8) is 0 Å². The summed E-state index contributed by atoms with van der Waals surface area (Å²) in [6.07, 6.45) is 4.96. The molecule has 3 saturated heterocycles. The summed E-state index contributed by atoms with van der Waals surface area (Å²) in [6.45, 7) is 2.51. The third kappa shape index (κ3) is 3.09. The Bertz CT molecular complexity index is 632. The number of hydrogen-bond donors (Lipinski definition) is 1. The number of imide groups is 1. The van der Waals surface area contributed by atoms with Gasteiger partial charge < -0.3 is 14.7 Å². The number of nitrogens with one attached hydrogen (secondary N) is 1. The molecule has 1 unspecified atom stereocenters. The molecule has 136 valence electrons. The SMILES string of the molecule is O=C1CN(CC(=O)N2CCC3(CCCN(CC4CC4)C3=O)C2)C(=O)N1.